The van der Waals surface area contributed by atoms with Gasteiger partial charge in [-0.25, -0.2) is 0 Å². The molecule has 0 saturated carbocycles. The minimum Gasteiger partial charge on any atom is -0.375 e. The van der Waals surface area contributed by atoms with Crippen molar-refractivity contribution >= 4 is 17.7 Å². The number of nitrogens with one attached hydrogen (secondary N) is 3. The molecule has 0 heterocycles. The molecule has 0 aromatic carbocycles. The van der Waals surface area contributed by atoms with E-state index in [0.29, 0.717) is 71.3 Å². The van der Waals surface area contributed by atoms with Gasteiger partial charge in [-0.1, -0.05) is 52.9 Å². The van der Waals surface area contributed by atoms with Gasteiger partial charge in [0.1, 0.15) is 6.04 Å². The van der Waals surface area contributed by atoms with Gasteiger partial charge in [0.2, 0.25) is 17.7 Å². The Morgan fingerprint density at radius 1 is 0.608 bits per heavy atom. The Hall–Kier alpha value is -1.83. The first kappa shape index (κ1) is 49.2. The number of rotatable bonds is 33. The van der Waals surface area contributed by atoms with Gasteiger partial charge in [-0.15, -0.1) is 0 Å². The fraction of sp³-hybridized carbons (Fsp3) is 0.923. The molecule has 0 bridgehead atoms. The Labute approximate surface area is 311 Å². The minimum atomic E-state index is -0.741. The molecule has 51 heavy (non-hydrogen) atoms. The number of carbonyl (C=O) groups excluding carboxylic acids is 3. The van der Waals surface area contributed by atoms with Crippen molar-refractivity contribution in [3.05, 3.63) is 0 Å². The van der Waals surface area contributed by atoms with Crippen LogP contribution in [0.3, 0.4) is 0 Å². The van der Waals surface area contributed by atoms with E-state index in [9.17, 15) is 14.4 Å². The van der Waals surface area contributed by atoms with Crippen molar-refractivity contribution < 1.29 is 23.9 Å². The summed E-state index contributed by atoms with van der Waals surface area (Å²) < 4.78 is 12.8. The van der Waals surface area contributed by atoms with E-state index < -0.39 is 23.7 Å². The van der Waals surface area contributed by atoms with E-state index in [1.165, 1.54) is 25.7 Å². The molecule has 0 aliphatic carbocycles. The highest BCUT2D eigenvalue weighted by molar-refractivity contribution is 5.89. The molecule has 302 valence electrons. The summed E-state index contributed by atoms with van der Waals surface area (Å²) in [6, 6.07) is -2.02. The Bertz CT molecular complexity index is 930. The molecule has 0 aromatic rings. The van der Waals surface area contributed by atoms with Crippen LogP contribution in [0.5, 0.6) is 0 Å². The molecule has 0 fully saturated rings. The van der Waals surface area contributed by atoms with Crippen LogP contribution in [0.25, 0.3) is 0 Å². The average Bonchev–Trinajstić information content (AvgIpc) is 3.08. The maximum Gasteiger partial charge on any atom is 0.242 e. The fourth-order valence-corrected chi connectivity index (χ4v) is 5.95. The van der Waals surface area contributed by atoms with E-state index in [-0.39, 0.29) is 28.7 Å². The molecule has 0 aromatic heterocycles. The SMILES string of the molecule is CCCCCC(CC)(CC)COC(C)(C)CCOC(C)(C)CCNC(=O)C(CCCCNC(=O)C(N)CCCCN)NC(=O)C(N)CCCCN. The number of hydrogen-bond donors (Lipinski definition) is 7. The molecule has 0 rings (SSSR count). The average molecular weight is 728 g/mol. The standard InChI is InChI=1S/C39H81N7O5/c1-8-11-15-22-39(9-2,10-3)30-51-38(6,7)24-29-50-37(4,5)23-28-45-36(49)33(46-35(48)32(43)20-13-17-26-41)21-14-18-27-44-34(47)31(42)19-12-16-25-40/h31-33H,8-30,40-43H2,1-7H3,(H,44,47)(H,45,49)(H,46,48). The molecule has 0 aliphatic heterocycles. The number of ether oxygens (including phenoxy) is 2. The van der Waals surface area contributed by atoms with Crippen molar-refractivity contribution in [1.82, 2.24) is 16.0 Å². The van der Waals surface area contributed by atoms with Crippen LogP contribution in [0.4, 0.5) is 0 Å². The van der Waals surface area contributed by atoms with Gasteiger partial charge < -0.3 is 48.4 Å². The molecular weight excluding hydrogens is 646 g/mol. The fourth-order valence-electron chi connectivity index (χ4n) is 5.95. The largest absolute Gasteiger partial charge is 0.375 e. The van der Waals surface area contributed by atoms with Crippen LogP contribution < -0.4 is 38.9 Å². The second kappa shape index (κ2) is 27.7. The van der Waals surface area contributed by atoms with Gasteiger partial charge in [0.05, 0.1) is 36.5 Å². The Morgan fingerprint density at radius 2 is 1.16 bits per heavy atom. The minimum absolute atomic E-state index is 0.188. The number of carbonyl (C=O) groups is 3. The van der Waals surface area contributed by atoms with Gasteiger partial charge in [-0.2, -0.15) is 0 Å². The summed E-state index contributed by atoms with van der Waals surface area (Å²) in [5.74, 6) is -0.802. The van der Waals surface area contributed by atoms with Crippen LogP contribution in [0, 0.1) is 5.41 Å². The normalized spacial score (nSPS) is 14.2. The lowest BCUT2D eigenvalue weighted by molar-refractivity contribution is -0.130. The molecule has 3 atom stereocenters. The zero-order valence-corrected chi connectivity index (χ0v) is 33.8. The molecular formula is C39H81N7O5. The lowest BCUT2D eigenvalue weighted by Gasteiger charge is -2.36. The first-order valence-electron chi connectivity index (χ1n) is 20.2. The summed E-state index contributed by atoms with van der Waals surface area (Å²) in [6.45, 7) is 18.4. The van der Waals surface area contributed by atoms with E-state index in [4.69, 9.17) is 32.4 Å². The van der Waals surface area contributed by atoms with Crippen molar-refractivity contribution in [1.29, 1.82) is 0 Å². The van der Waals surface area contributed by atoms with Crippen molar-refractivity contribution in [3.8, 4) is 0 Å². The molecule has 0 spiro atoms. The molecule has 12 heteroatoms. The molecule has 0 radical (unpaired) electrons. The summed E-state index contributed by atoms with van der Waals surface area (Å²) in [5.41, 5.74) is 22.7. The molecule has 0 saturated heterocycles. The molecule has 11 N–H and O–H groups in total. The van der Waals surface area contributed by atoms with Gasteiger partial charge in [-0.05, 0) is 123 Å². The summed E-state index contributed by atoms with van der Waals surface area (Å²) in [4.78, 5) is 38.5. The summed E-state index contributed by atoms with van der Waals surface area (Å²) in [5, 5.41) is 8.73. The van der Waals surface area contributed by atoms with Crippen LogP contribution in [0.1, 0.15) is 158 Å². The van der Waals surface area contributed by atoms with Crippen LogP contribution in [0.15, 0.2) is 0 Å². The third-order valence-electron chi connectivity index (χ3n) is 10.3. The third kappa shape index (κ3) is 23.5. The highest BCUT2D eigenvalue weighted by Crippen LogP contribution is 2.35. The lowest BCUT2D eigenvalue weighted by Crippen LogP contribution is -2.52. The van der Waals surface area contributed by atoms with Crippen LogP contribution in [-0.2, 0) is 23.9 Å². The van der Waals surface area contributed by atoms with Crippen LogP contribution in [0.2, 0.25) is 0 Å². The van der Waals surface area contributed by atoms with Gasteiger partial charge in [0.25, 0.3) is 0 Å². The highest BCUT2D eigenvalue weighted by Gasteiger charge is 2.31. The van der Waals surface area contributed by atoms with Crippen molar-refractivity contribution in [2.75, 3.05) is 39.4 Å². The maximum atomic E-state index is 13.3. The van der Waals surface area contributed by atoms with Gasteiger partial charge in [-0.3, -0.25) is 14.4 Å². The Kier molecular flexibility index (Phi) is 26.7. The zero-order valence-electron chi connectivity index (χ0n) is 33.8. The number of hydrogen-bond acceptors (Lipinski definition) is 9. The Morgan fingerprint density at radius 3 is 1.73 bits per heavy atom. The quantitative estimate of drug-likeness (QED) is 0.0473. The monoisotopic (exact) mass is 728 g/mol. The third-order valence-corrected chi connectivity index (χ3v) is 10.3. The van der Waals surface area contributed by atoms with Crippen LogP contribution in [-0.4, -0.2) is 86.4 Å². The topological polar surface area (TPSA) is 210 Å². The number of nitrogens with two attached hydrogens (primary N) is 4. The summed E-state index contributed by atoms with van der Waals surface area (Å²) >= 11 is 0. The van der Waals surface area contributed by atoms with Gasteiger partial charge >= 0.3 is 0 Å². The molecule has 12 nitrogen and oxygen atoms in total. The summed E-state index contributed by atoms with van der Waals surface area (Å²) in [7, 11) is 0. The van der Waals surface area contributed by atoms with Crippen molar-refractivity contribution in [2.24, 2.45) is 28.3 Å². The second-order valence-corrected chi connectivity index (χ2v) is 15.7. The molecule has 3 unspecified atom stereocenters. The first-order valence-corrected chi connectivity index (χ1v) is 20.2. The molecule has 0 aliphatic rings. The predicted molar refractivity (Wildman–Crippen MR) is 210 cm³/mol. The van der Waals surface area contributed by atoms with Crippen molar-refractivity contribution in [3.63, 3.8) is 0 Å². The van der Waals surface area contributed by atoms with Gasteiger partial charge in [0.15, 0.2) is 0 Å². The van der Waals surface area contributed by atoms with E-state index in [0.717, 1.165) is 51.6 Å². The first-order chi connectivity index (χ1) is 24.1. The van der Waals surface area contributed by atoms with E-state index in [1.807, 2.05) is 13.8 Å². The smallest absolute Gasteiger partial charge is 0.242 e. The zero-order chi connectivity index (χ0) is 38.8. The van der Waals surface area contributed by atoms with Crippen molar-refractivity contribution in [2.45, 2.75) is 187 Å². The maximum absolute atomic E-state index is 13.3. The predicted octanol–water partition coefficient (Wildman–Crippen LogP) is 4.54. The van der Waals surface area contributed by atoms with E-state index in [2.05, 4.69) is 50.6 Å². The van der Waals surface area contributed by atoms with Gasteiger partial charge in [0, 0.05) is 13.1 Å². The Balaban J connectivity index is 4.99. The van der Waals surface area contributed by atoms with E-state index in [1.54, 1.807) is 0 Å². The van der Waals surface area contributed by atoms with Crippen LogP contribution >= 0.6 is 0 Å². The molecule has 3 amide bonds. The number of amides is 3. The lowest BCUT2D eigenvalue weighted by atomic mass is 9.78. The number of unbranched alkanes of at least 4 members (excludes halogenated alkanes) is 5. The highest BCUT2D eigenvalue weighted by atomic mass is 16.5. The second-order valence-electron chi connectivity index (χ2n) is 15.7. The van der Waals surface area contributed by atoms with E-state index >= 15 is 0 Å². The summed E-state index contributed by atoms with van der Waals surface area (Å²) in [6.07, 6.45) is 14.5.